The molecule has 0 radical (unpaired) electrons. The fourth-order valence-corrected chi connectivity index (χ4v) is 1.59. The Morgan fingerprint density at radius 1 is 1.17 bits per heavy atom. The van der Waals surface area contributed by atoms with Gasteiger partial charge in [0.2, 0.25) is 0 Å². The molecule has 0 aliphatic heterocycles. The second-order valence-electron chi connectivity index (χ2n) is 3.67. The second-order valence-corrected chi connectivity index (χ2v) is 3.67. The summed E-state index contributed by atoms with van der Waals surface area (Å²) in [6.07, 6.45) is -3.31. The first-order chi connectivity index (χ1) is 8.39. The number of rotatable bonds is 1. The van der Waals surface area contributed by atoms with Gasteiger partial charge < -0.3 is 10.8 Å². The SMILES string of the molecule is Nc1ccc(O)c(-c2ncccc2C(F)(F)F)c1. The van der Waals surface area contributed by atoms with Gasteiger partial charge in [-0.2, -0.15) is 13.2 Å². The molecule has 6 heteroatoms. The number of halogens is 3. The molecule has 0 saturated carbocycles. The number of phenolic OH excluding ortho intramolecular Hbond substituents is 1. The first-order valence-electron chi connectivity index (χ1n) is 5.00. The Kier molecular flexibility index (Phi) is 2.86. The molecule has 94 valence electrons. The Bertz CT molecular complexity index is 582. The molecule has 3 N–H and O–H groups in total. The zero-order valence-electron chi connectivity index (χ0n) is 9.07. The fourth-order valence-electron chi connectivity index (χ4n) is 1.59. The van der Waals surface area contributed by atoms with E-state index in [4.69, 9.17) is 5.73 Å². The first-order valence-corrected chi connectivity index (χ1v) is 5.00. The van der Waals surface area contributed by atoms with Gasteiger partial charge in [-0.05, 0) is 30.3 Å². The largest absolute Gasteiger partial charge is 0.507 e. The third kappa shape index (κ3) is 2.22. The molecule has 0 aliphatic carbocycles. The van der Waals surface area contributed by atoms with E-state index >= 15 is 0 Å². The lowest BCUT2D eigenvalue weighted by molar-refractivity contribution is -0.137. The highest BCUT2D eigenvalue weighted by atomic mass is 19.4. The van der Waals surface area contributed by atoms with Crippen LogP contribution in [0.4, 0.5) is 18.9 Å². The average molecular weight is 254 g/mol. The normalized spacial score (nSPS) is 11.5. The van der Waals surface area contributed by atoms with Gasteiger partial charge in [0, 0.05) is 17.4 Å². The predicted molar refractivity (Wildman–Crippen MR) is 60.8 cm³/mol. The Labute approximate surface area is 101 Å². The summed E-state index contributed by atoms with van der Waals surface area (Å²) in [4.78, 5) is 3.68. The molecule has 0 unspecified atom stereocenters. The van der Waals surface area contributed by atoms with Gasteiger partial charge in [-0.3, -0.25) is 4.98 Å². The number of aromatic hydroxyl groups is 1. The van der Waals surface area contributed by atoms with Gasteiger partial charge in [0.15, 0.2) is 0 Å². The van der Waals surface area contributed by atoms with Gasteiger partial charge in [-0.1, -0.05) is 0 Å². The Balaban J connectivity index is 2.68. The van der Waals surface area contributed by atoms with Crippen molar-refractivity contribution in [2.75, 3.05) is 5.73 Å². The highest BCUT2D eigenvalue weighted by Crippen LogP contribution is 2.39. The van der Waals surface area contributed by atoms with Crippen LogP contribution in [0.1, 0.15) is 5.56 Å². The number of aromatic nitrogens is 1. The molecule has 1 heterocycles. The number of hydrogen-bond acceptors (Lipinski definition) is 3. The quantitative estimate of drug-likeness (QED) is 0.607. The number of hydrogen-bond donors (Lipinski definition) is 2. The summed E-state index contributed by atoms with van der Waals surface area (Å²) in [6, 6.07) is 5.99. The molecule has 0 saturated heterocycles. The van der Waals surface area contributed by atoms with Gasteiger partial charge >= 0.3 is 6.18 Å². The number of benzene rings is 1. The summed E-state index contributed by atoms with van der Waals surface area (Å²) in [5.74, 6) is -0.298. The highest BCUT2D eigenvalue weighted by Gasteiger charge is 2.34. The lowest BCUT2D eigenvalue weighted by Crippen LogP contribution is -2.08. The molecular weight excluding hydrogens is 245 g/mol. The molecule has 18 heavy (non-hydrogen) atoms. The molecule has 1 aromatic heterocycles. The molecule has 0 bridgehead atoms. The van der Waals surface area contributed by atoms with E-state index in [1.807, 2.05) is 0 Å². The van der Waals surface area contributed by atoms with Gasteiger partial charge in [0.25, 0.3) is 0 Å². The standard InChI is InChI=1S/C12H9F3N2O/c13-12(14,15)9-2-1-5-17-11(9)8-6-7(16)3-4-10(8)18/h1-6,18H,16H2. The summed E-state index contributed by atoms with van der Waals surface area (Å²) >= 11 is 0. The number of phenols is 1. The summed E-state index contributed by atoms with van der Waals surface area (Å²) in [5.41, 5.74) is 4.47. The van der Waals surface area contributed by atoms with E-state index in [1.165, 1.54) is 30.5 Å². The monoisotopic (exact) mass is 254 g/mol. The van der Waals surface area contributed by atoms with Crippen LogP contribution in [0.15, 0.2) is 36.5 Å². The summed E-state index contributed by atoms with van der Waals surface area (Å²) in [5, 5.41) is 9.62. The third-order valence-electron chi connectivity index (χ3n) is 2.39. The highest BCUT2D eigenvalue weighted by molar-refractivity contribution is 5.73. The third-order valence-corrected chi connectivity index (χ3v) is 2.39. The Hall–Kier alpha value is -2.24. The van der Waals surface area contributed by atoms with Gasteiger partial charge in [0.1, 0.15) is 5.75 Å². The van der Waals surface area contributed by atoms with Crippen molar-refractivity contribution in [2.45, 2.75) is 6.18 Å². The summed E-state index contributed by atoms with van der Waals surface area (Å²) < 4.78 is 38.4. The topological polar surface area (TPSA) is 59.1 Å². The van der Waals surface area contributed by atoms with Gasteiger partial charge in [-0.25, -0.2) is 0 Å². The molecule has 2 aromatic rings. The van der Waals surface area contributed by atoms with Crippen molar-refractivity contribution in [1.82, 2.24) is 4.98 Å². The Morgan fingerprint density at radius 3 is 2.56 bits per heavy atom. The molecule has 0 aliphatic rings. The van der Waals surface area contributed by atoms with Crippen molar-refractivity contribution in [3.63, 3.8) is 0 Å². The number of alkyl halides is 3. The van der Waals surface area contributed by atoms with Crippen LogP contribution in [0, 0.1) is 0 Å². The lowest BCUT2D eigenvalue weighted by atomic mass is 10.0. The van der Waals surface area contributed by atoms with E-state index in [2.05, 4.69) is 4.98 Å². The molecule has 2 rings (SSSR count). The van der Waals surface area contributed by atoms with E-state index in [0.717, 1.165) is 6.07 Å². The van der Waals surface area contributed by atoms with E-state index in [0.29, 0.717) is 0 Å². The van der Waals surface area contributed by atoms with Crippen molar-refractivity contribution in [3.05, 3.63) is 42.1 Å². The van der Waals surface area contributed by atoms with Crippen molar-refractivity contribution in [3.8, 4) is 17.0 Å². The number of anilines is 1. The van der Waals surface area contributed by atoms with Crippen LogP contribution in [-0.4, -0.2) is 10.1 Å². The molecule has 3 nitrogen and oxygen atoms in total. The first kappa shape index (κ1) is 12.2. The lowest BCUT2D eigenvalue weighted by Gasteiger charge is -2.12. The van der Waals surface area contributed by atoms with Crippen LogP contribution in [0.5, 0.6) is 5.75 Å². The fraction of sp³-hybridized carbons (Fsp3) is 0.0833. The average Bonchev–Trinajstić information content (AvgIpc) is 2.31. The second kappa shape index (κ2) is 4.21. The van der Waals surface area contributed by atoms with Crippen LogP contribution in [0.25, 0.3) is 11.3 Å². The van der Waals surface area contributed by atoms with E-state index in [-0.39, 0.29) is 22.7 Å². The minimum absolute atomic E-state index is 0.0390. The molecule has 0 fully saturated rings. The van der Waals surface area contributed by atoms with Crippen molar-refractivity contribution < 1.29 is 18.3 Å². The van der Waals surface area contributed by atoms with E-state index in [1.54, 1.807) is 0 Å². The number of nitrogens with two attached hydrogens (primary N) is 1. The summed E-state index contributed by atoms with van der Waals surface area (Å²) in [7, 11) is 0. The molecular formula is C12H9F3N2O. The maximum absolute atomic E-state index is 12.8. The van der Waals surface area contributed by atoms with Crippen molar-refractivity contribution in [2.24, 2.45) is 0 Å². The smallest absolute Gasteiger partial charge is 0.418 e. The number of nitrogens with zero attached hydrogens (tertiary/aromatic N) is 1. The minimum Gasteiger partial charge on any atom is -0.507 e. The maximum Gasteiger partial charge on any atom is 0.418 e. The molecule has 0 spiro atoms. The predicted octanol–water partition coefficient (Wildman–Crippen LogP) is 3.06. The molecule has 0 atom stereocenters. The molecule has 1 aromatic carbocycles. The van der Waals surface area contributed by atoms with Crippen LogP contribution in [-0.2, 0) is 6.18 Å². The van der Waals surface area contributed by atoms with E-state index in [9.17, 15) is 18.3 Å². The molecule has 0 amide bonds. The minimum atomic E-state index is -4.54. The van der Waals surface area contributed by atoms with Crippen molar-refractivity contribution >= 4 is 5.69 Å². The number of pyridine rings is 1. The van der Waals surface area contributed by atoms with Crippen LogP contribution in [0.3, 0.4) is 0 Å². The number of nitrogen functional groups attached to an aromatic ring is 1. The van der Waals surface area contributed by atoms with Crippen molar-refractivity contribution in [1.29, 1.82) is 0 Å². The maximum atomic E-state index is 12.8. The summed E-state index contributed by atoms with van der Waals surface area (Å²) in [6.45, 7) is 0. The zero-order valence-corrected chi connectivity index (χ0v) is 9.07. The van der Waals surface area contributed by atoms with E-state index < -0.39 is 11.7 Å². The zero-order chi connectivity index (χ0) is 13.3. The Morgan fingerprint density at radius 2 is 1.89 bits per heavy atom. The van der Waals surface area contributed by atoms with Crippen LogP contribution >= 0.6 is 0 Å². The van der Waals surface area contributed by atoms with Crippen LogP contribution < -0.4 is 5.73 Å². The van der Waals surface area contributed by atoms with Gasteiger partial charge in [-0.15, -0.1) is 0 Å². The van der Waals surface area contributed by atoms with Crippen LogP contribution in [0.2, 0.25) is 0 Å². The van der Waals surface area contributed by atoms with Gasteiger partial charge in [0.05, 0.1) is 11.3 Å².